The number of nitrogens with one attached hydrogen (secondary N) is 1. The van der Waals surface area contributed by atoms with Crippen LogP contribution in [0.2, 0.25) is 0 Å². The maximum absolute atomic E-state index is 9.44. The molecule has 0 aromatic heterocycles. The lowest BCUT2D eigenvalue weighted by atomic mass is 9.78. The molecule has 3 nitrogen and oxygen atoms in total. The summed E-state index contributed by atoms with van der Waals surface area (Å²) in [5, 5.41) is 2.75. The predicted octanol–water partition coefficient (Wildman–Crippen LogP) is 3.67. The molecule has 0 aromatic rings. The van der Waals surface area contributed by atoms with Crippen LogP contribution in [0.5, 0.6) is 0 Å². The zero-order chi connectivity index (χ0) is 15.0. The molecule has 1 rings (SSSR count). The minimum absolute atomic E-state index is 0.167. The Balaban J connectivity index is -0.000000192. The quantitative estimate of drug-likeness (QED) is 0.723. The summed E-state index contributed by atoms with van der Waals surface area (Å²) in [6.45, 7) is 7.82. The van der Waals surface area contributed by atoms with Crippen molar-refractivity contribution in [1.82, 2.24) is 5.32 Å². The fraction of sp³-hybridized carbons (Fsp3) is 0.933. The summed E-state index contributed by atoms with van der Waals surface area (Å²) in [6.07, 6.45) is 7.31. The highest BCUT2D eigenvalue weighted by Gasteiger charge is 2.19. The van der Waals surface area contributed by atoms with Crippen molar-refractivity contribution in [3.8, 4) is 0 Å². The molecule has 1 aliphatic carbocycles. The van der Waals surface area contributed by atoms with Crippen LogP contribution >= 0.6 is 0 Å². The molecule has 0 radical (unpaired) electrons. The third-order valence-electron chi connectivity index (χ3n) is 2.21. The van der Waals surface area contributed by atoms with Crippen LogP contribution in [0.1, 0.15) is 59.8 Å². The van der Waals surface area contributed by atoms with Crippen LogP contribution in [0.15, 0.2) is 0 Å². The van der Waals surface area contributed by atoms with Crippen molar-refractivity contribution in [2.24, 2.45) is 5.41 Å². The second-order valence-corrected chi connectivity index (χ2v) is 5.54. The standard InChI is InChI=1S/C8H16.C3H6O.C2H7N.C2H6O/c1-8(2)6-4-3-5-7-8;1-3(2)4;2*1-3-2/h3-7H2,1-2H3;1-2H3;3H,1-2H3;1-2H3. The fourth-order valence-electron chi connectivity index (χ4n) is 1.51. The second-order valence-electron chi connectivity index (χ2n) is 5.54. The van der Waals surface area contributed by atoms with Crippen LogP contribution in [-0.2, 0) is 9.53 Å². The maximum atomic E-state index is 9.44. The monoisotopic (exact) mass is 261 g/mol. The number of ether oxygens (including phenoxy) is 1. The Bertz CT molecular complexity index is 154. The smallest absolute Gasteiger partial charge is 0.126 e. The SMILES string of the molecule is CC(C)=O.CC1(C)CCCCC1.CNC.COC. The molecule has 0 unspecified atom stereocenters. The highest BCUT2D eigenvalue weighted by atomic mass is 16.4. The topological polar surface area (TPSA) is 38.3 Å². The van der Waals surface area contributed by atoms with Gasteiger partial charge in [-0.1, -0.05) is 33.1 Å². The Kier molecular flexibility index (Phi) is 21.0. The van der Waals surface area contributed by atoms with E-state index in [9.17, 15) is 4.79 Å². The van der Waals surface area contributed by atoms with Crippen molar-refractivity contribution in [2.75, 3.05) is 28.3 Å². The third-order valence-corrected chi connectivity index (χ3v) is 2.21. The van der Waals surface area contributed by atoms with E-state index in [0.717, 1.165) is 0 Å². The molecule has 1 aliphatic rings. The molecule has 1 fully saturated rings. The van der Waals surface area contributed by atoms with Crippen LogP contribution in [0.3, 0.4) is 0 Å². The van der Waals surface area contributed by atoms with Gasteiger partial charge in [0.15, 0.2) is 0 Å². The van der Waals surface area contributed by atoms with E-state index in [0.29, 0.717) is 5.41 Å². The Labute approximate surface area is 115 Å². The first kappa shape index (κ1) is 22.7. The molecule has 0 aliphatic heterocycles. The fourth-order valence-corrected chi connectivity index (χ4v) is 1.51. The molecule has 0 bridgehead atoms. The molecule has 0 saturated heterocycles. The lowest BCUT2D eigenvalue weighted by molar-refractivity contribution is -0.114. The zero-order valence-corrected chi connectivity index (χ0v) is 13.9. The summed E-state index contributed by atoms with van der Waals surface area (Å²) < 4.78 is 4.25. The molecule has 112 valence electrons. The minimum atomic E-state index is 0.167. The largest absolute Gasteiger partial charge is 0.388 e. The zero-order valence-electron chi connectivity index (χ0n) is 13.9. The maximum Gasteiger partial charge on any atom is 0.126 e. The first-order chi connectivity index (χ1) is 8.27. The molecule has 18 heavy (non-hydrogen) atoms. The van der Waals surface area contributed by atoms with Crippen molar-refractivity contribution in [2.45, 2.75) is 59.8 Å². The van der Waals surface area contributed by atoms with Crippen LogP contribution in [0.25, 0.3) is 0 Å². The highest BCUT2D eigenvalue weighted by molar-refractivity contribution is 5.72. The van der Waals surface area contributed by atoms with Crippen LogP contribution < -0.4 is 5.32 Å². The molecule has 0 heterocycles. The van der Waals surface area contributed by atoms with Gasteiger partial charge in [-0.2, -0.15) is 0 Å². The van der Waals surface area contributed by atoms with Gasteiger partial charge < -0.3 is 14.8 Å². The first-order valence-corrected chi connectivity index (χ1v) is 6.73. The Hall–Kier alpha value is -0.410. The van der Waals surface area contributed by atoms with Crippen LogP contribution in [0.4, 0.5) is 0 Å². The Morgan fingerprint density at radius 2 is 1.22 bits per heavy atom. The number of methoxy groups -OCH3 is 1. The number of hydrogen-bond acceptors (Lipinski definition) is 3. The summed E-state index contributed by atoms with van der Waals surface area (Å²) >= 11 is 0. The highest BCUT2D eigenvalue weighted by Crippen LogP contribution is 2.34. The summed E-state index contributed by atoms with van der Waals surface area (Å²) in [6, 6.07) is 0. The van der Waals surface area contributed by atoms with Crippen molar-refractivity contribution < 1.29 is 9.53 Å². The molecule has 1 saturated carbocycles. The van der Waals surface area contributed by atoms with E-state index < -0.39 is 0 Å². The lowest BCUT2D eigenvalue weighted by Crippen LogP contribution is -2.14. The molecule has 1 N–H and O–H groups in total. The van der Waals surface area contributed by atoms with Gasteiger partial charge in [0.1, 0.15) is 5.78 Å². The lowest BCUT2D eigenvalue weighted by Gasteiger charge is -2.28. The van der Waals surface area contributed by atoms with E-state index in [2.05, 4.69) is 23.9 Å². The number of carbonyl (C=O) groups is 1. The first-order valence-electron chi connectivity index (χ1n) is 6.73. The van der Waals surface area contributed by atoms with E-state index in [-0.39, 0.29) is 5.78 Å². The van der Waals surface area contributed by atoms with Gasteiger partial charge in [-0.3, -0.25) is 0 Å². The van der Waals surface area contributed by atoms with Crippen molar-refractivity contribution in [1.29, 1.82) is 0 Å². The number of carbonyl (C=O) groups excluding carboxylic acids is 1. The average molecular weight is 261 g/mol. The second kappa shape index (κ2) is 16.6. The van der Waals surface area contributed by atoms with Gasteiger partial charge in [0, 0.05) is 14.2 Å². The molecular formula is C15H35NO2. The van der Waals surface area contributed by atoms with E-state index in [1.807, 2.05) is 14.1 Å². The van der Waals surface area contributed by atoms with E-state index in [1.54, 1.807) is 14.2 Å². The number of hydrogen-bond donors (Lipinski definition) is 1. The molecule has 0 atom stereocenters. The van der Waals surface area contributed by atoms with E-state index >= 15 is 0 Å². The summed E-state index contributed by atoms with van der Waals surface area (Å²) in [7, 11) is 7.00. The molecular weight excluding hydrogens is 226 g/mol. The number of rotatable bonds is 0. The van der Waals surface area contributed by atoms with Crippen molar-refractivity contribution >= 4 is 5.78 Å². The summed E-state index contributed by atoms with van der Waals surface area (Å²) in [4.78, 5) is 9.44. The molecule has 3 heteroatoms. The van der Waals surface area contributed by atoms with Gasteiger partial charge in [0.2, 0.25) is 0 Å². The Morgan fingerprint density at radius 3 is 1.33 bits per heavy atom. The van der Waals surface area contributed by atoms with Crippen LogP contribution in [-0.4, -0.2) is 34.1 Å². The van der Waals surface area contributed by atoms with Crippen LogP contribution in [0, 0.1) is 5.41 Å². The summed E-state index contributed by atoms with van der Waals surface area (Å²) in [5.74, 6) is 0.167. The van der Waals surface area contributed by atoms with Gasteiger partial charge in [-0.25, -0.2) is 0 Å². The average Bonchev–Trinajstić information content (AvgIpc) is 2.18. The molecule has 0 spiro atoms. The minimum Gasteiger partial charge on any atom is -0.388 e. The number of Topliss-reactive ketones (excluding diaryl/α,β-unsaturated/α-hetero) is 1. The van der Waals surface area contributed by atoms with Gasteiger partial charge in [0.25, 0.3) is 0 Å². The van der Waals surface area contributed by atoms with Crippen molar-refractivity contribution in [3.63, 3.8) is 0 Å². The Morgan fingerprint density at radius 1 is 1.00 bits per heavy atom. The van der Waals surface area contributed by atoms with E-state index in [1.165, 1.54) is 46.0 Å². The third kappa shape index (κ3) is 36.1. The molecule has 0 aromatic carbocycles. The van der Waals surface area contributed by atoms with Crippen molar-refractivity contribution in [3.05, 3.63) is 0 Å². The van der Waals surface area contributed by atoms with Gasteiger partial charge in [0.05, 0.1) is 0 Å². The predicted molar refractivity (Wildman–Crippen MR) is 81.1 cm³/mol. The summed E-state index contributed by atoms with van der Waals surface area (Å²) in [5.41, 5.74) is 0.679. The normalized spacial score (nSPS) is 15.8. The number of ketones is 1. The van der Waals surface area contributed by atoms with E-state index in [4.69, 9.17) is 0 Å². The molecule has 0 amide bonds. The van der Waals surface area contributed by atoms with Gasteiger partial charge >= 0.3 is 0 Å². The van der Waals surface area contributed by atoms with Gasteiger partial charge in [-0.05, 0) is 46.2 Å². The van der Waals surface area contributed by atoms with Gasteiger partial charge in [-0.15, -0.1) is 0 Å².